The van der Waals surface area contributed by atoms with Crippen molar-refractivity contribution in [2.75, 3.05) is 6.61 Å². The fourth-order valence-electron chi connectivity index (χ4n) is 2.45. The van der Waals surface area contributed by atoms with E-state index in [1.165, 1.54) is 0 Å². The number of halogens is 2. The highest BCUT2D eigenvalue weighted by Crippen LogP contribution is 2.32. The molecule has 0 unspecified atom stereocenters. The largest absolute Gasteiger partial charge is 1.00 e. The predicted molar refractivity (Wildman–Crippen MR) is 79.7 cm³/mol. The second-order valence-electron chi connectivity index (χ2n) is 4.54. The van der Waals surface area contributed by atoms with Crippen molar-refractivity contribution in [3.05, 3.63) is 53.2 Å². The monoisotopic (exact) mass is 337 g/mol. The molecule has 1 N–H and O–H groups in total. The Balaban J connectivity index is 0.00000176. The van der Waals surface area contributed by atoms with E-state index in [2.05, 4.69) is 0 Å². The van der Waals surface area contributed by atoms with Gasteiger partial charge < -0.3 is 22.3 Å². The Labute approximate surface area is 138 Å². The quantitative estimate of drug-likeness (QED) is 0.410. The smallest absolute Gasteiger partial charge is 0.348 e. The Morgan fingerprint density at radius 1 is 1.27 bits per heavy atom. The Morgan fingerprint density at radius 2 is 2.05 bits per heavy atom. The number of fused-ring (bicyclic) bond motifs is 3. The maximum atomic E-state index is 12.2. The molecule has 22 heavy (non-hydrogen) atoms. The van der Waals surface area contributed by atoms with Gasteiger partial charge >= 0.3 is 5.97 Å². The van der Waals surface area contributed by atoms with Gasteiger partial charge in [0.2, 0.25) is 11.0 Å². The molecule has 1 aromatic carbocycles. The van der Waals surface area contributed by atoms with Gasteiger partial charge in [-0.1, -0.05) is 17.7 Å². The zero-order valence-electron chi connectivity index (χ0n) is 11.7. The van der Waals surface area contributed by atoms with Crippen molar-refractivity contribution in [3.63, 3.8) is 0 Å². The van der Waals surface area contributed by atoms with Crippen LogP contribution in [0, 0.1) is 0 Å². The van der Waals surface area contributed by atoms with E-state index >= 15 is 0 Å². The molecule has 0 aliphatic heterocycles. The summed E-state index contributed by atoms with van der Waals surface area (Å²) in [4.78, 5) is 12.2. The summed E-state index contributed by atoms with van der Waals surface area (Å²) in [6, 6.07) is 10.6. The van der Waals surface area contributed by atoms with E-state index < -0.39 is 5.97 Å². The number of carbonyl (C=O) groups is 1. The van der Waals surface area contributed by atoms with Crippen LogP contribution in [0.1, 0.15) is 17.3 Å². The molecule has 0 spiro atoms. The number of nitrogens with zero attached hydrogens (tertiary/aromatic N) is 1. The molecule has 0 aliphatic carbocycles. The number of hydrogen-bond donors (Lipinski definition) is 1. The van der Waals surface area contributed by atoms with Crippen molar-refractivity contribution >= 4 is 34.0 Å². The Kier molecular flexibility index (Phi) is 4.74. The number of ether oxygens (including phenoxy) is 1. The summed E-state index contributed by atoms with van der Waals surface area (Å²) in [5.74, 6) is -0.669. The first-order chi connectivity index (χ1) is 10.1. The van der Waals surface area contributed by atoms with Crippen LogP contribution in [0.4, 0.5) is 0 Å². The van der Waals surface area contributed by atoms with Gasteiger partial charge in [-0.05, 0) is 25.1 Å². The first-order valence-corrected chi connectivity index (χ1v) is 6.93. The molecule has 0 saturated carbocycles. The van der Waals surface area contributed by atoms with Gasteiger partial charge in [-0.3, -0.25) is 0 Å². The zero-order chi connectivity index (χ0) is 15.0. The van der Waals surface area contributed by atoms with E-state index in [1.54, 1.807) is 47.9 Å². The number of aromatic nitrogens is 1. The molecule has 0 atom stereocenters. The van der Waals surface area contributed by atoms with Gasteiger partial charge in [-0.25, -0.2) is 4.79 Å². The molecular weight excluding hydrogens is 325 g/mol. The highest BCUT2D eigenvalue weighted by Gasteiger charge is 2.27. The minimum Gasteiger partial charge on any atom is -1.00 e. The summed E-state index contributed by atoms with van der Waals surface area (Å²) in [7, 11) is 0. The van der Waals surface area contributed by atoms with Crippen molar-refractivity contribution in [1.82, 2.24) is 0 Å². The third-order valence-electron chi connectivity index (χ3n) is 3.32. The molecule has 6 heteroatoms. The number of para-hydroxylation sites is 1. The summed E-state index contributed by atoms with van der Waals surface area (Å²) >= 11 is 6.25. The summed E-state index contributed by atoms with van der Waals surface area (Å²) in [6.45, 7) is 1.97. The van der Waals surface area contributed by atoms with Crippen LogP contribution in [0.5, 0.6) is 5.75 Å². The summed E-state index contributed by atoms with van der Waals surface area (Å²) < 4.78 is 6.83. The average molecular weight is 338 g/mol. The lowest BCUT2D eigenvalue weighted by Crippen LogP contribution is -3.00. The van der Waals surface area contributed by atoms with Gasteiger partial charge in [-0.2, -0.15) is 4.40 Å². The SMILES string of the molecule is CCOC(=O)c1c(O)c2cccc(Cl)c2[n+]2ccccc12.[Cl-]. The number of esters is 1. The minimum atomic E-state index is -0.555. The summed E-state index contributed by atoms with van der Waals surface area (Å²) in [5, 5.41) is 11.5. The minimum absolute atomic E-state index is 0. The molecule has 2 aromatic heterocycles. The molecule has 114 valence electrons. The number of benzene rings is 1. The lowest BCUT2D eigenvalue weighted by Gasteiger charge is -2.08. The van der Waals surface area contributed by atoms with E-state index in [0.29, 0.717) is 21.4 Å². The normalized spacial score (nSPS) is 10.5. The molecule has 2 heterocycles. The van der Waals surface area contributed by atoms with Crippen molar-refractivity contribution < 1.29 is 31.4 Å². The third kappa shape index (κ3) is 2.45. The molecule has 0 aliphatic rings. The fourth-order valence-corrected chi connectivity index (χ4v) is 2.72. The van der Waals surface area contributed by atoms with E-state index in [0.717, 1.165) is 0 Å². The predicted octanol–water partition coefficient (Wildman–Crippen LogP) is 0.118. The Bertz CT molecular complexity index is 865. The van der Waals surface area contributed by atoms with Crippen LogP contribution in [0.15, 0.2) is 42.6 Å². The first-order valence-electron chi connectivity index (χ1n) is 6.55. The Hall–Kier alpha value is -2.04. The number of rotatable bonds is 2. The van der Waals surface area contributed by atoms with Crippen molar-refractivity contribution in [3.8, 4) is 5.75 Å². The fraction of sp³-hybridized carbons (Fsp3) is 0.125. The molecule has 0 fully saturated rings. The van der Waals surface area contributed by atoms with Crippen LogP contribution in [0.25, 0.3) is 16.4 Å². The number of hydrogen-bond acceptors (Lipinski definition) is 3. The zero-order valence-corrected chi connectivity index (χ0v) is 13.2. The van der Waals surface area contributed by atoms with Gasteiger partial charge in [-0.15, -0.1) is 0 Å². The van der Waals surface area contributed by atoms with Crippen LogP contribution in [-0.4, -0.2) is 17.7 Å². The van der Waals surface area contributed by atoms with Gasteiger partial charge in [0, 0.05) is 12.1 Å². The van der Waals surface area contributed by atoms with Gasteiger partial charge in [0.15, 0.2) is 17.5 Å². The van der Waals surface area contributed by atoms with Crippen molar-refractivity contribution in [2.24, 2.45) is 0 Å². The van der Waals surface area contributed by atoms with Crippen LogP contribution >= 0.6 is 11.6 Å². The molecule has 3 rings (SSSR count). The average Bonchev–Trinajstić information content (AvgIpc) is 2.48. The molecule has 0 amide bonds. The molecule has 0 bridgehead atoms. The molecule has 0 saturated heterocycles. The third-order valence-corrected chi connectivity index (χ3v) is 3.62. The lowest BCUT2D eigenvalue weighted by molar-refractivity contribution is -0.481. The topological polar surface area (TPSA) is 50.6 Å². The standard InChI is InChI=1S/C16H12ClNO3.ClH/c1-2-21-16(20)13-12-8-3-4-9-18(12)14-10(15(13)19)6-5-7-11(14)17;/h3-9H,2H2,1H3;1H. The number of pyridine rings is 2. The van der Waals surface area contributed by atoms with Crippen LogP contribution in [-0.2, 0) is 4.74 Å². The maximum Gasteiger partial charge on any atom is 0.348 e. The highest BCUT2D eigenvalue weighted by atomic mass is 35.5. The number of aromatic hydroxyl groups is 1. The van der Waals surface area contributed by atoms with Gasteiger partial charge in [0.1, 0.15) is 5.02 Å². The highest BCUT2D eigenvalue weighted by molar-refractivity contribution is 6.35. The summed E-state index contributed by atoms with van der Waals surface area (Å²) in [5.41, 5.74) is 1.35. The van der Waals surface area contributed by atoms with Crippen LogP contribution < -0.4 is 16.8 Å². The van der Waals surface area contributed by atoms with E-state index in [1.807, 2.05) is 6.07 Å². The van der Waals surface area contributed by atoms with Crippen molar-refractivity contribution in [2.45, 2.75) is 6.92 Å². The lowest BCUT2D eigenvalue weighted by atomic mass is 10.1. The molecule has 4 nitrogen and oxygen atoms in total. The first kappa shape index (κ1) is 16.3. The van der Waals surface area contributed by atoms with E-state index in [9.17, 15) is 9.90 Å². The second kappa shape index (κ2) is 6.38. The van der Waals surface area contributed by atoms with Gasteiger partial charge in [0.25, 0.3) is 0 Å². The Morgan fingerprint density at radius 3 is 2.77 bits per heavy atom. The van der Waals surface area contributed by atoms with Gasteiger partial charge in [0.05, 0.1) is 12.0 Å². The number of carbonyl (C=O) groups excluding carboxylic acids is 1. The molecule has 3 aromatic rings. The van der Waals surface area contributed by atoms with Crippen LogP contribution in [0.2, 0.25) is 5.02 Å². The van der Waals surface area contributed by atoms with E-state index in [4.69, 9.17) is 16.3 Å². The summed E-state index contributed by atoms with van der Waals surface area (Å²) in [6.07, 6.45) is 1.80. The maximum absolute atomic E-state index is 12.2. The molecular formula is C16H13Cl2NO3. The van der Waals surface area contributed by atoms with E-state index in [-0.39, 0.29) is 30.3 Å². The van der Waals surface area contributed by atoms with Crippen LogP contribution in [0.3, 0.4) is 0 Å². The van der Waals surface area contributed by atoms with Crippen molar-refractivity contribution in [1.29, 1.82) is 0 Å². The molecule has 0 radical (unpaired) electrons. The second-order valence-corrected chi connectivity index (χ2v) is 4.94.